The molecule has 1 aromatic heterocycles. The third-order valence-corrected chi connectivity index (χ3v) is 2.54. The maximum Gasteiger partial charge on any atom is 0.213 e. The van der Waals surface area contributed by atoms with Crippen LogP contribution in [-0.2, 0) is 6.54 Å². The highest BCUT2D eigenvalue weighted by molar-refractivity contribution is 5.15. The van der Waals surface area contributed by atoms with Crippen molar-refractivity contribution in [2.24, 2.45) is 5.92 Å². The number of rotatable bonds is 7. The van der Waals surface area contributed by atoms with Crippen LogP contribution in [0.1, 0.15) is 39.8 Å². The van der Waals surface area contributed by atoms with E-state index in [-0.39, 0.29) is 6.10 Å². The second-order valence-electron chi connectivity index (χ2n) is 4.83. The zero-order valence-corrected chi connectivity index (χ0v) is 11.4. The van der Waals surface area contributed by atoms with Crippen molar-refractivity contribution in [3.8, 4) is 5.88 Å². The first-order chi connectivity index (χ1) is 8.11. The van der Waals surface area contributed by atoms with Crippen molar-refractivity contribution in [2.45, 2.75) is 46.8 Å². The van der Waals surface area contributed by atoms with Crippen molar-refractivity contribution >= 4 is 0 Å². The van der Waals surface area contributed by atoms with Crippen LogP contribution >= 0.6 is 0 Å². The van der Waals surface area contributed by atoms with Gasteiger partial charge in [0.05, 0.1) is 11.8 Å². The average Bonchev–Trinajstić information content (AvgIpc) is 2.29. The van der Waals surface area contributed by atoms with Gasteiger partial charge < -0.3 is 10.1 Å². The van der Waals surface area contributed by atoms with E-state index in [1.165, 1.54) is 0 Å². The van der Waals surface area contributed by atoms with Gasteiger partial charge in [-0.25, -0.2) is 4.98 Å². The van der Waals surface area contributed by atoms with Gasteiger partial charge in [0.1, 0.15) is 0 Å². The zero-order valence-electron chi connectivity index (χ0n) is 11.4. The van der Waals surface area contributed by atoms with Crippen LogP contribution in [0, 0.1) is 5.92 Å². The number of aromatic nitrogens is 1. The molecular formula is C14H24N2O. The lowest BCUT2D eigenvalue weighted by molar-refractivity contribution is 0.208. The van der Waals surface area contributed by atoms with Crippen molar-refractivity contribution in [3.05, 3.63) is 23.9 Å². The van der Waals surface area contributed by atoms with E-state index in [1.54, 1.807) is 0 Å². The van der Waals surface area contributed by atoms with Gasteiger partial charge in [-0.3, -0.25) is 0 Å². The molecule has 1 rings (SSSR count). The maximum atomic E-state index is 5.69. The van der Waals surface area contributed by atoms with E-state index in [0.717, 1.165) is 31.1 Å². The third kappa shape index (κ3) is 5.68. The Kier molecular flexibility index (Phi) is 5.98. The van der Waals surface area contributed by atoms with Gasteiger partial charge in [0, 0.05) is 12.6 Å². The quantitative estimate of drug-likeness (QED) is 0.790. The minimum absolute atomic E-state index is 0.223. The van der Waals surface area contributed by atoms with E-state index < -0.39 is 0 Å². The molecule has 1 N–H and O–H groups in total. The molecule has 0 aromatic carbocycles. The van der Waals surface area contributed by atoms with Crippen molar-refractivity contribution in [1.82, 2.24) is 10.3 Å². The molecule has 0 radical (unpaired) electrons. The fraction of sp³-hybridized carbons (Fsp3) is 0.643. The predicted molar refractivity (Wildman–Crippen MR) is 71.2 cm³/mol. The van der Waals surface area contributed by atoms with Crippen molar-refractivity contribution in [2.75, 3.05) is 6.54 Å². The zero-order chi connectivity index (χ0) is 12.7. The second kappa shape index (κ2) is 7.28. The molecule has 1 heterocycles. The summed E-state index contributed by atoms with van der Waals surface area (Å²) in [5.41, 5.74) is 1.03. The Balaban J connectivity index is 2.48. The van der Waals surface area contributed by atoms with Gasteiger partial charge in [0.25, 0.3) is 0 Å². The Morgan fingerprint density at radius 2 is 2.06 bits per heavy atom. The minimum atomic E-state index is 0.223. The van der Waals surface area contributed by atoms with Crippen LogP contribution in [0.3, 0.4) is 0 Å². The molecule has 3 heteroatoms. The Hall–Kier alpha value is -1.09. The molecule has 0 amide bonds. The molecule has 0 spiro atoms. The molecular weight excluding hydrogens is 212 g/mol. The van der Waals surface area contributed by atoms with Crippen molar-refractivity contribution in [3.63, 3.8) is 0 Å². The molecule has 0 saturated heterocycles. The molecule has 1 unspecified atom stereocenters. The Morgan fingerprint density at radius 3 is 2.71 bits per heavy atom. The SMILES string of the molecule is CCC(C)Oc1cccc(CNCC(C)C)n1. The lowest BCUT2D eigenvalue weighted by Crippen LogP contribution is -2.20. The van der Waals surface area contributed by atoms with E-state index in [9.17, 15) is 0 Å². The predicted octanol–water partition coefficient (Wildman–Crippen LogP) is 3.00. The van der Waals surface area contributed by atoms with Crippen molar-refractivity contribution < 1.29 is 4.74 Å². The first kappa shape index (κ1) is 14.0. The summed E-state index contributed by atoms with van der Waals surface area (Å²) < 4.78 is 5.69. The van der Waals surface area contributed by atoms with E-state index in [0.29, 0.717) is 5.92 Å². The molecule has 1 atom stereocenters. The fourth-order valence-corrected chi connectivity index (χ4v) is 1.40. The van der Waals surface area contributed by atoms with E-state index >= 15 is 0 Å². The highest BCUT2D eigenvalue weighted by Gasteiger charge is 2.03. The van der Waals surface area contributed by atoms with Crippen LogP contribution in [-0.4, -0.2) is 17.6 Å². The number of ether oxygens (including phenoxy) is 1. The van der Waals surface area contributed by atoms with Gasteiger partial charge in [0.2, 0.25) is 5.88 Å². The van der Waals surface area contributed by atoms with E-state index in [2.05, 4.69) is 38.0 Å². The number of hydrogen-bond acceptors (Lipinski definition) is 3. The summed E-state index contributed by atoms with van der Waals surface area (Å²) in [5, 5.41) is 3.38. The summed E-state index contributed by atoms with van der Waals surface area (Å²) in [6.07, 6.45) is 1.22. The molecule has 0 fully saturated rings. The summed E-state index contributed by atoms with van der Waals surface area (Å²) in [4.78, 5) is 4.47. The van der Waals surface area contributed by atoms with Crippen LogP contribution in [0.2, 0.25) is 0 Å². The van der Waals surface area contributed by atoms with Crippen LogP contribution in [0.15, 0.2) is 18.2 Å². The second-order valence-corrected chi connectivity index (χ2v) is 4.83. The summed E-state index contributed by atoms with van der Waals surface area (Å²) in [7, 11) is 0. The fourth-order valence-electron chi connectivity index (χ4n) is 1.40. The van der Waals surface area contributed by atoms with Crippen molar-refractivity contribution in [1.29, 1.82) is 0 Å². The maximum absolute atomic E-state index is 5.69. The van der Waals surface area contributed by atoms with Gasteiger partial charge in [0.15, 0.2) is 0 Å². The van der Waals surface area contributed by atoms with Crippen LogP contribution in [0.4, 0.5) is 0 Å². The van der Waals surface area contributed by atoms with Gasteiger partial charge in [-0.15, -0.1) is 0 Å². The van der Waals surface area contributed by atoms with Crippen LogP contribution in [0.25, 0.3) is 0 Å². The monoisotopic (exact) mass is 236 g/mol. The Labute approximate surface area is 105 Å². The van der Waals surface area contributed by atoms with E-state index in [4.69, 9.17) is 4.74 Å². The summed E-state index contributed by atoms with van der Waals surface area (Å²) in [5.74, 6) is 1.39. The molecule has 96 valence electrons. The first-order valence-electron chi connectivity index (χ1n) is 6.45. The van der Waals surface area contributed by atoms with E-state index in [1.807, 2.05) is 18.2 Å². The minimum Gasteiger partial charge on any atom is -0.475 e. The Morgan fingerprint density at radius 1 is 1.29 bits per heavy atom. The summed E-state index contributed by atoms with van der Waals surface area (Å²) in [6, 6.07) is 5.94. The normalized spacial score (nSPS) is 12.8. The van der Waals surface area contributed by atoms with Gasteiger partial charge >= 0.3 is 0 Å². The molecule has 17 heavy (non-hydrogen) atoms. The highest BCUT2D eigenvalue weighted by atomic mass is 16.5. The number of hydrogen-bond donors (Lipinski definition) is 1. The largest absolute Gasteiger partial charge is 0.475 e. The molecule has 0 aliphatic heterocycles. The van der Waals surface area contributed by atoms with Gasteiger partial charge in [-0.05, 0) is 31.9 Å². The molecule has 0 saturated carbocycles. The van der Waals surface area contributed by atoms with Gasteiger partial charge in [-0.2, -0.15) is 0 Å². The van der Waals surface area contributed by atoms with Crippen LogP contribution < -0.4 is 10.1 Å². The molecule has 0 aliphatic rings. The summed E-state index contributed by atoms with van der Waals surface area (Å²) >= 11 is 0. The molecule has 0 bridgehead atoms. The highest BCUT2D eigenvalue weighted by Crippen LogP contribution is 2.10. The third-order valence-electron chi connectivity index (χ3n) is 2.54. The first-order valence-corrected chi connectivity index (χ1v) is 6.45. The molecule has 3 nitrogen and oxygen atoms in total. The van der Waals surface area contributed by atoms with Gasteiger partial charge in [-0.1, -0.05) is 26.8 Å². The number of nitrogens with zero attached hydrogens (tertiary/aromatic N) is 1. The lowest BCUT2D eigenvalue weighted by Gasteiger charge is -2.12. The lowest BCUT2D eigenvalue weighted by atomic mass is 10.2. The Bertz CT molecular complexity index is 326. The number of pyridine rings is 1. The molecule has 1 aromatic rings. The topological polar surface area (TPSA) is 34.1 Å². The van der Waals surface area contributed by atoms with Crippen LogP contribution in [0.5, 0.6) is 5.88 Å². The molecule has 0 aliphatic carbocycles. The average molecular weight is 236 g/mol. The number of nitrogens with one attached hydrogen (secondary N) is 1. The smallest absolute Gasteiger partial charge is 0.213 e. The summed E-state index contributed by atoms with van der Waals surface area (Å²) in [6.45, 7) is 10.4. The standard InChI is InChI=1S/C14H24N2O/c1-5-12(4)17-14-8-6-7-13(16-14)10-15-9-11(2)3/h6-8,11-12,15H,5,9-10H2,1-4H3.